The molecule has 4 rings (SSSR count). The fourth-order valence-corrected chi connectivity index (χ4v) is 4.49. The Labute approximate surface area is 185 Å². The first-order valence-corrected chi connectivity index (χ1v) is 11.3. The van der Waals surface area contributed by atoms with Crippen LogP contribution < -0.4 is 9.70 Å². The van der Waals surface area contributed by atoms with E-state index in [1.807, 2.05) is 58.8 Å². The molecule has 30 heavy (non-hydrogen) atoms. The van der Waals surface area contributed by atoms with E-state index in [2.05, 4.69) is 11.9 Å². The second kappa shape index (κ2) is 8.98. The van der Waals surface area contributed by atoms with Gasteiger partial charge in [0.05, 0.1) is 11.4 Å². The maximum absolute atomic E-state index is 13.3. The van der Waals surface area contributed by atoms with Crippen molar-refractivity contribution in [1.82, 2.24) is 4.68 Å². The van der Waals surface area contributed by atoms with Crippen LogP contribution in [0.5, 0.6) is 0 Å². The van der Waals surface area contributed by atoms with Crippen LogP contribution in [0.3, 0.4) is 0 Å². The van der Waals surface area contributed by atoms with Gasteiger partial charge < -0.3 is 4.90 Å². The SMILES string of the molecule is CCCCCN1C(=O)/C(=N/n2c(-c3ccc(Cl)cc3)csc2=NC)c2ccccc21. The molecule has 2 aromatic carbocycles. The van der Waals surface area contributed by atoms with Gasteiger partial charge in [-0.3, -0.25) is 9.79 Å². The number of benzene rings is 2. The third kappa shape index (κ3) is 3.85. The van der Waals surface area contributed by atoms with Gasteiger partial charge >= 0.3 is 0 Å². The Kier molecular flexibility index (Phi) is 6.16. The van der Waals surface area contributed by atoms with Gasteiger partial charge in [-0.15, -0.1) is 11.3 Å². The van der Waals surface area contributed by atoms with E-state index in [-0.39, 0.29) is 5.91 Å². The molecule has 0 spiro atoms. The number of para-hydroxylation sites is 1. The van der Waals surface area contributed by atoms with E-state index in [9.17, 15) is 4.79 Å². The maximum atomic E-state index is 13.3. The lowest BCUT2D eigenvalue weighted by atomic mass is 10.1. The molecule has 5 nitrogen and oxygen atoms in total. The molecule has 1 aliphatic rings. The Bertz CT molecular complexity index is 1160. The lowest BCUT2D eigenvalue weighted by Gasteiger charge is -2.16. The van der Waals surface area contributed by atoms with Crippen molar-refractivity contribution >= 4 is 40.2 Å². The second-order valence-corrected chi connectivity index (χ2v) is 8.35. The Balaban J connectivity index is 1.81. The van der Waals surface area contributed by atoms with Gasteiger partial charge in [-0.2, -0.15) is 5.10 Å². The molecule has 0 atom stereocenters. The molecule has 0 saturated heterocycles. The van der Waals surface area contributed by atoms with Gasteiger partial charge in [0.2, 0.25) is 4.80 Å². The molecule has 0 fully saturated rings. The summed E-state index contributed by atoms with van der Waals surface area (Å²) >= 11 is 7.54. The molecule has 154 valence electrons. The number of halogens is 1. The average Bonchev–Trinajstić information content (AvgIpc) is 3.29. The van der Waals surface area contributed by atoms with E-state index in [1.165, 1.54) is 11.3 Å². The molecule has 1 amide bonds. The second-order valence-electron chi connectivity index (χ2n) is 7.08. The summed E-state index contributed by atoms with van der Waals surface area (Å²) in [6, 6.07) is 15.4. The first kappa shape index (κ1) is 20.6. The number of aromatic nitrogens is 1. The zero-order valence-corrected chi connectivity index (χ0v) is 18.6. The monoisotopic (exact) mass is 438 g/mol. The lowest BCUT2D eigenvalue weighted by Crippen LogP contribution is -2.31. The van der Waals surface area contributed by atoms with Crippen molar-refractivity contribution in [3.63, 3.8) is 0 Å². The number of hydrogen-bond acceptors (Lipinski definition) is 4. The van der Waals surface area contributed by atoms with Crippen LogP contribution in [0.1, 0.15) is 31.7 Å². The molecule has 0 N–H and O–H groups in total. The number of carbonyl (C=O) groups is 1. The summed E-state index contributed by atoms with van der Waals surface area (Å²) in [5, 5.41) is 7.49. The summed E-state index contributed by atoms with van der Waals surface area (Å²) < 4.78 is 1.76. The Morgan fingerprint density at radius 1 is 1.07 bits per heavy atom. The van der Waals surface area contributed by atoms with Crippen LogP contribution in [0.15, 0.2) is 64.0 Å². The first-order valence-electron chi connectivity index (χ1n) is 10.0. The number of hydrogen-bond donors (Lipinski definition) is 0. The van der Waals surface area contributed by atoms with Crippen LogP contribution in [0.2, 0.25) is 5.02 Å². The highest BCUT2D eigenvalue weighted by atomic mass is 35.5. The summed E-state index contributed by atoms with van der Waals surface area (Å²) in [6.45, 7) is 2.86. The molecule has 1 aliphatic heterocycles. The predicted molar refractivity (Wildman–Crippen MR) is 124 cm³/mol. The van der Waals surface area contributed by atoms with E-state index in [0.29, 0.717) is 17.3 Å². The number of rotatable bonds is 6. The van der Waals surface area contributed by atoms with Crippen LogP contribution in [0, 0.1) is 0 Å². The van der Waals surface area contributed by atoms with E-state index in [0.717, 1.165) is 46.6 Å². The molecule has 0 saturated carbocycles. The fraction of sp³-hybridized carbons (Fsp3) is 0.261. The van der Waals surface area contributed by atoms with Gasteiger partial charge in [0.1, 0.15) is 0 Å². The molecule has 0 unspecified atom stereocenters. The van der Waals surface area contributed by atoms with Crippen LogP contribution in [0.25, 0.3) is 11.3 Å². The summed E-state index contributed by atoms with van der Waals surface area (Å²) in [5.74, 6) is -0.0601. The van der Waals surface area contributed by atoms with Gasteiger partial charge in [-0.25, -0.2) is 4.68 Å². The largest absolute Gasteiger partial charge is 0.306 e. The van der Waals surface area contributed by atoms with Gasteiger partial charge in [0.25, 0.3) is 5.91 Å². The van der Waals surface area contributed by atoms with Crippen molar-refractivity contribution < 1.29 is 4.79 Å². The minimum Gasteiger partial charge on any atom is -0.306 e. The van der Waals surface area contributed by atoms with Crippen LogP contribution in [-0.4, -0.2) is 29.9 Å². The topological polar surface area (TPSA) is 50.0 Å². The Morgan fingerprint density at radius 2 is 1.83 bits per heavy atom. The highest BCUT2D eigenvalue weighted by molar-refractivity contribution is 7.07. The highest BCUT2D eigenvalue weighted by Crippen LogP contribution is 2.30. The van der Waals surface area contributed by atoms with Gasteiger partial charge in [-0.1, -0.05) is 61.7 Å². The third-order valence-electron chi connectivity index (χ3n) is 5.10. The zero-order chi connectivity index (χ0) is 21.1. The van der Waals surface area contributed by atoms with E-state index in [4.69, 9.17) is 16.7 Å². The smallest absolute Gasteiger partial charge is 0.279 e. The van der Waals surface area contributed by atoms with Crippen LogP contribution in [0.4, 0.5) is 5.69 Å². The van der Waals surface area contributed by atoms with Crippen molar-refractivity contribution in [3.8, 4) is 11.3 Å². The first-order chi connectivity index (χ1) is 14.6. The molecule has 0 radical (unpaired) electrons. The van der Waals surface area contributed by atoms with Gasteiger partial charge in [-0.05, 0) is 24.6 Å². The number of unbranched alkanes of at least 4 members (excludes halogenated alkanes) is 2. The number of carbonyl (C=O) groups excluding carboxylic acids is 1. The molecule has 7 heteroatoms. The normalized spacial score (nSPS) is 15.3. The molecule has 0 aliphatic carbocycles. The van der Waals surface area contributed by atoms with Gasteiger partial charge in [0, 0.05) is 35.1 Å². The lowest BCUT2D eigenvalue weighted by molar-refractivity contribution is -0.112. The minimum absolute atomic E-state index is 0.0601. The number of anilines is 1. The minimum atomic E-state index is -0.0601. The van der Waals surface area contributed by atoms with Crippen molar-refractivity contribution in [2.75, 3.05) is 18.5 Å². The summed E-state index contributed by atoms with van der Waals surface area (Å²) in [7, 11) is 1.73. The third-order valence-corrected chi connectivity index (χ3v) is 6.26. The Morgan fingerprint density at radius 3 is 2.57 bits per heavy atom. The van der Waals surface area contributed by atoms with Crippen molar-refractivity contribution in [2.24, 2.45) is 10.1 Å². The highest BCUT2D eigenvalue weighted by Gasteiger charge is 2.33. The summed E-state index contributed by atoms with van der Waals surface area (Å²) in [4.78, 5) is 20.2. The molecule has 1 aromatic heterocycles. The predicted octanol–water partition coefficient (Wildman–Crippen LogP) is 5.19. The molecule has 2 heterocycles. The maximum Gasteiger partial charge on any atom is 0.279 e. The standard InChI is InChI=1S/C23H23ClN4OS/c1-3-4-7-14-27-19-9-6-5-8-18(19)21(22(27)29)26-28-20(15-30-23(28)25-2)16-10-12-17(24)13-11-16/h5-6,8-13,15H,3-4,7,14H2,1-2H3/b25-23?,26-21+. The zero-order valence-electron chi connectivity index (χ0n) is 17.0. The number of thiazole rings is 1. The van der Waals surface area contributed by atoms with Crippen LogP contribution >= 0.6 is 22.9 Å². The molecule has 0 bridgehead atoms. The summed E-state index contributed by atoms with van der Waals surface area (Å²) in [5.41, 5.74) is 4.08. The number of fused-ring (bicyclic) bond motifs is 1. The Hall–Kier alpha value is -2.70. The van der Waals surface area contributed by atoms with E-state index >= 15 is 0 Å². The average molecular weight is 439 g/mol. The molecular weight excluding hydrogens is 416 g/mol. The van der Waals surface area contributed by atoms with Crippen molar-refractivity contribution in [1.29, 1.82) is 0 Å². The molecule has 3 aromatic rings. The molecular formula is C23H23ClN4OS. The van der Waals surface area contributed by atoms with E-state index in [1.54, 1.807) is 11.7 Å². The number of nitrogens with zero attached hydrogens (tertiary/aromatic N) is 4. The van der Waals surface area contributed by atoms with Crippen LogP contribution in [-0.2, 0) is 4.79 Å². The summed E-state index contributed by atoms with van der Waals surface area (Å²) in [6.07, 6.45) is 3.18. The van der Waals surface area contributed by atoms with Crippen molar-refractivity contribution in [2.45, 2.75) is 26.2 Å². The quantitative estimate of drug-likeness (QED) is 0.488. The fourth-order valence-electron chi connectivity index (χ4n) is 3.57. The number of amides is 1. The van der Waals surface area contributed by atoms with E-state index < -0.39 is 0 Å². The van der Waals surface area contributed by atoms with Crippen molar-refractivity contribution in [3.05, 3.63) is 69.3 Å². The van der Waals surface area contributed by atoms with Gasteiger partial charge in [0.15, 0.2) is 5.71 Å².